The van der Waals surface area contributed by atoms with Crippen LogP contribution in [0.2, 0.25) is 0 Å². The molecule has 3 aromatic rings. The minimum absolute atomic E-state index is 0.142. The third kappa shape index (κ3) is 4.62. The molecule has 3 rings (SSSR count). The maximum Gasteiger partial charge on any atom is 0.342 e. The average molecular weight is 384 g/mol. The van der Waals surface area contributed by atoms with Crippen molar-refractivity contribution in [1.29, 1.82) is 0 Å². The molecule has 138 valence electrons. The number of carbonyl (C=O) groups is 2. The van der Waals surface area contributed by atoms with Crippen molar-refractivity contribution in [2.24, 2.45) is 0 Å². The Kier molecular flexibility index (Phi) is 5.37. The number of anilines is 1. The molecule has 0 saturated heterocycles. The van der Waals surface area contributed by atoms with Crippen molar-refractivity contribution in [2.45, 2.75) is 6.92 Å². The number of nitrogens with zero attached hydrogens (tertiary/aromatic N) is 1. The third-order valence-electron chi connectivity index (χ3n) is 3.63. The van der Waals surface area contributed by atoms with Crippen molar-refractivity contribution in [1.82, 2.24) is 4.98 Å². The number of esters is 1. The highest BCUT2D eigenvalue weighted by molar-refractivity contribution is 7.14. The molecule has 2 aromatic carbocycles. The standard InChI is InChI=1S/C19H16N2O5S/c1-11-2-4-12(5-3-11)15-10-27-19(20-15)21-17(24)9-26-18(25)14-7-6-13(22)8-16(14)23/h2-8,10,22-23H,9H2,1H3,(H,20,21,24). The van der Waals surface area contributed by atoms with Crippen LogP contribution in [0.1, 0.15) is 15.9 Å². The highest BCUT2D eigenvalue weighted by Crippen LogP contribution is 2.25. The first-order valence-electron chi connectivity index (χ1n) is 7.94. The Bertz CT molecular complexity index is 982. The Morgan fingerprint density at radius 1 is 1.15 bits per heavy atom. The molecule has 0 bridgehead atoms. The topological polar surface area (TPSA) is 109 Å². The fourth-order valence-electron chi connectivity index (χ4n) is 2.24. The largest absolute Gasteiger partial charge is 0.508 e. The second kappa shape index (κ2) is 7.88. The number of phenols is 2. The normalized spacial score (nSPS) is 10.4. The molecule has 3 N–H and O–H groups in total. The zero-order valence-corrected chi connectivity index (χ0v) is 15.1. The van der Waals surface area contributed by atoms with Crippen LogP contribution >= 0.6 is 11.3 Å². The maximum atomic E-state index is 12.0. The lowest BCUT2D eigenvalue weighted by Gasteiger charge is -2.06. The summed E-state index contributed by atoms with van der Waals surface area (Å²) in [4.78, 5) is 28.2. The van der Waals surface area contributed by atoms with Crippen molar-refractivity contribution in [3.05, 3.63) is 59.0 Å². The first-order chi connectivity index (χ1) is 12.9. The van der Waals surface area contributed by atoms with E-state index in [1.165, 1.54) is 23.5 Å². The van der Waals surface area contributed by atoms with Crippen molar-refractivity contribution in [2.75, 3.05) is 11.9 Å². The van der Waals surface area contributed by atoms with Gasteiger partial charge in [0, 0.05) is 17.0 Å². The molecule has 0 aliphatic carbocycles. The van der Waals surface area contributed by atoms with Gasteiger partial charge in [-0.2, -0.15) is 0 Å². The van der Waals surface area contributed by atoms with E-state index in [0.29, 0.717) is 5.13 Å². The van der Waals surface area contributed by atoms with Crippen molar-refractivity contribution < 1.29 is 24.5 Å². The number of hydrogen-bond donors (Lipinski definition) is 3. The van der Waals surface area contributed by atoms with E-state index in [1.807, 2.05) is 36.6 Å². The zero-order valence-electron chi connectivity index (χ0n) is 14.3. The Hall–Kier alpha value is -3.39. The molecule has 0 atom stereocenters. The van der Waals surface area contributed by atoms with Gasteiger partial charge in [0.15, 0.2) is 11.7 Å². The van der Waals surface area contributed by atoms with Gasteiger partial charge in [-0.1, -0.05) is 29.8 Å². The fraction of sp³-hybridized carbons (Fsp3) is 0.105. The number of aryl methyl sites for hydroxylation is 1. The van der Waals surface area contributed by atoms with E-state index in [4.69, 9.17) is 4.74 Å². The van der Waals surface area contributed by atoms with Gasteiger partial charge in [0.05, 0.1) is 5.69 Å². The highest BCUT2D eigenvalue weighted by Gasteiger charge is 2.15. The van der Waals surface area contributed by atoms with Crippen LogP contribution in [0.5, 0.6) is 11.5 Å². The molecule has 8 heteroatoms. The summed E-state index contributed by atoms with van der Waals surface area (Å²) < 4.78 is 4.87. The third-order valence-corrected chi connectivity index (χ3v) is 4.39. The molecular weight excluding hydrogens is 368 g/mol. The van der Waals surface area contributed by atoms with E-state index >= 15 is 0 Å². The Morgan fingerprint density at radius 2 is 1.89 bits per heavy atom. The van der Waals surface area contributed by atoms with Crippen LogP contribution in [0.25, 0.3) is 11.3 Å². The second-order valence-electron chi connectivity index (χ2n) is 5.73. The van der Waals surface area contributed by atoms with Gasteiger partial charge in [-0.15, -0.1) is 11.3 Å². The van der Waals surface area contributed by atoms with Crippen LogP contribution in [0.4, 0.5) is 5.13 Å². The minimum Gasteiger partial charge on any atom is -0.508 e. The average Bonchev–Trinajstić information content (AvgIpc) is 3.08. The predicted octanol–water partition coefficient (Wildman–Crippen LogP) is 3.33. The minimum atomic E-state index is -0.873. The molecule has 0 aliphatic heterocycles. The number of ether oxygens (including phenoxy) is 1. The Labute approximate surface area is 158 Å². The summed E-state index contributed by atoms with van der Waals surface area (Å²) in [5.74, 6) is -2.04. The molecule has 0 aliphatic rings. The molecule has 0 unspecified atom stereocenters. The Balaban J connectivity index is 1.56. The van der Waals surface area contributed by atoms with Crippen LogP contribution in [0, 0.1) is 6.92 Å². The summed E-state index contributed by atoms with van der Waals surface area (Å²) >= 11 is 1.26. The Morgan fingerprint density at radius 3 is 2.59 bits per heavy atom. The van der Waals surface area contributed by atoms with Gasteiger partial charge in [-0.05, 0) is 19.1 Å². The van der Waals surface area contributed by atoms with Crippen molar-refractivity contribution in [3.63, 3.8) is 0 Å². The molecule has 0 saturated carbocycles. The quantitative estimate of drug-likeness (QED) is 0.582. The SMILES string of the molecule is Cc1ccc(-c2csc(NC(=O)COC(=O)c3ccc(O)cc3O)n2)cc1. The van der Waals surface area contributed by atoms with Gasteiger partial charge in [0.25, 0.3) is 5.91 Å². The molecule has 0 radical (unpaired) electrons. The number of phenolic OH excluding ortho intramolecular Hbond substituents is 2. The van der Waals surface area contributed by atoms with Crippen LogP contribution in [0.15, 0.2) is 47.8 Å². The lowest BCUT2D eigenvalue weighted by Crippen LogP contribution is -2.20. The molecular formula is C19H16N2O5S. The summed E-state index contributed by atoms with van der Waals surface area (Å²) in [6, 6.07) is 11.3. The predicted molar refractivity (Wildman–Crippen MR) is 101 cm³/mol. The maximum absolute atomic E-state index is 12.0. The second-order valence-corrected chi connectivity index (χ2v) is 6.59. The first kappa shape index (κ1) is 18.4. The number of rotatable bonds is 5. The summed E-state index contributed by atoms with van der Waals surface area (Å²) in [6.45, 7) is 1.47. The van der Waals surface area contributed by atoms with E-state index in [0.717, 1.165) is 22.9 Å². The molecule has 1 aromatic heterocycles. The van der Waals surface area contributed by atoms with Gasteiger partial charge in [-0.25, -0.2) is 9.78 Å². The van der Waals surface area contributed by atoms with Crippen LogP contribution in [0.3, 0.4) is 0 Å². The van der Waals surface area contributed by atoms with Gasteiger partial charge in [0.1, 0.15) is 17.1 Å². The molecule has 0 spiro atoms. The number of carbonyl (C=O) groups excluding carboxylic acids is 2. The smallest absolute Gasteiger partial charge is 0.342 e. The van der Waals surface area contributed by atoms with E-state index in [1.54, 1.807) is 0 Å². The van der Waals surface area contributed by atoms with Gasteiger partial charge in [-0.3, -0.25) is 10.1 Å². The lowest BCUT2D eigenvalue weighted by molar-refractivity contribution is -0.119. The number of amides is 1. The highest BCUT2D eigenvalue weighted by atomic mass is 32.1. The van der Waals surface area contributed by atoms with Crippen molar-refractivity contribution in [3.8, 4) is 22.8 Å². The summed E-state index contributed by atoms with van der Waals surface area (Å²) in [5, 5.41) is 23.6. The van der Waals surface area contributed by atoms with Gasteiger partial charge in [0.2, 0.25) is 0 Å². The zero-order chi connectivity index (χ0) is 19.4. The van der Waals surface area contributed by atoms with Crippen LogP contribution in [-0.4, -0.2) is 33.7 Å². The van der Waals surface area contributed by atoms with Gasteiger partial charge < -0.3 is 14.9 Å². The first-order valence-corrected chi connectivity index (χ1v) is 8.82. The number of thiazole rings is 1. The van der Waals surface area contributed by atoms with Crippen molar-refractivity contribution >= 4 is 28.3 Å². The lowest BCUT2D eigenvalue weighted by atomic mass is 10.1. The summed E-state index contributed by atoms with van der Waals surface area (Å²) in [7, 11) is 0. The van der Waals surface area contributed by atoms with E-state index in [9.17, 15) is 19.8 Å². The number of nitrogens with one attached hydrogen (secondary N) is 1. The van der Waals surface area contributed by atoms with E-state index in [-0.39, 0.29) is 11.3 Å². The molecule has 7 nitrogen and oxygen atoms in total. The molecule has 27 heavy (non-hydrogen) atoms. The summed E-state index contributed by atoms with van der Waals surface area (Å²) in [6.07, 6.45) is 0. The monoisotopic (exact) mass is 384 g/mol. The number of hydrogen-bond acceptors (Lipinski definition) is 7. The fourth-order valence-corrected chi connectivity index (χ4v) is 2.98. The number of aromatic hydroxyl groups is 2. The van der Waals surface area contributed by atoms with Crippen LogP contribution in [-0.2, 0) is 9.53 Å². The summed E-state index contributed by atoms with van der Waals surface area (Å²) in [5.41, 5.74) is 2.67. The van der Waals surface area contributed by atoms with Gasteiger partial charge >= 0.3 is 5.97 Å². The van der Waals surface area contributed by atoms with E-state index in [2.05, 4.69) is 10.3 Å². The molecule has 1 amide bonds. The van der Waals surface area contributed by atoms with Crippen LogP contribution < -0.4 is 5.32 Å². The molecule has 1 heterocycles. The molecule has 0 fully saturated rings. The number of benzene rings is 2. The van der Waals surface area contributed by atoms with E-state index < -0.39 is 24.2 Å². The number of aromatic nitrogens is 1.